The minimum absolute atomic E-state index is 0.0689. The second kappa shape index (κ2) is 4.62. The van der Waals surface area contributed by atoms with E-state index in [9.17, 15) is 9.90 Å². The number of aliphatic hydroxyl groups is 1. The van der Waals surface area contributed by atoms with Gasteiger partial charge >= 0.3 is 0 Å². The highest BCUT2D eigenvalue weighted by Crippen LogP contribution is 2.62. The SMILES string of the molecule is O=C(S)CC1(O)CCCCC12OC2c1ccccc1. The van der Waals surface area contributed by atoms with E-state index in [1.54, 1.807) is 0 Å². The van der Waals surface area contributed by atoms with Gasteiger partial charge < -0.3 is 9.84 Å². The van der Waals surface area contributed by atoms with Crippen LogP contribution in [0.15, 0.2) is 30.3 Å². The lowest BCUT2D eigenvalue weighted by Crippen LogP contribution is -2.49. The molecule has 1 saturated carbocycles. The van der Waals surface area contributed by atoms with Gasteiger partial charge in [0.1, 0.15) is 17.3 Å². The number of thiol groups is 1. The highest BCUT2D eigenvalue weighted by atomic mass is 32.1. The van der Waals surface area contributed by atoms with Crippen molar-refractivity contribution in [3.05, 3.63) is 35.9 Å². The minimum atomic E-state index is -1.06. The van der Waals surface area contributed by atoms with Crippen molar-refractivity contribution in [2.75, 3.05) is 0 Å². The molecule has 1 aliphatic carbocycles. The Bertz CT molecular complexity index is 489. The zero-order valence-corrected chi connectivity index (χ0v) is 11.6. The lowest BCUT2D eigenvalue weighted by atomic mass is 9.70. The normalized spacial score (nSPS) is 37.3. The van der Waals surface area contributed by atoms with E-state index in [2.05, 4.69) is 12.6 Å². The second-order valence-corrected chi connectivity index (χ2v) is 6.11. The summed E-state index contributed by atoms with van der Waals surface area (Å²) in [4.78, 5) is 11.3. The van der Waals surface area contributed by atoms with Crippen LogP contribution in [0.5, 0.6) is 0 Å². The van der Waals surface area contributed by atoms with Gasteiger partial charge in [-0.05, 0) is 18.4 Å². The lowest BCUT2D eigenvalue weighted by molar-refractivity contribution is -0.122. The third-order valence-electron chi connectivity index (χ3n) is 4.42. The van der Waals surface area contributed by atoms with Crippen molar-refractivity contribution in [2.45, 2.75) is 49.4 Å². The Hall–Kier alpha value is -0.840. The van der Waals surface area contributed by atoms with Gasteiger partial charge in [0.2, 0.25) is 0 Å². The standard InChI is InChI=1S/C15H18O3S/c16-12(19)10-14(17)8-4-5-9-15(14)13(18-15)11-6-2-1-3-7-11/h1-3,6-7,13,17H,4-5,8-10H2,(H,16,19). The number of carbonyl (C=O) groups excluding carboxylic acids is 1. The third-order valence-corrected chi connectivity index (χ3v) is 4.57. The van der Waals surface area contributed by atoms with Crippen molar-refractivity contribution in [3.63, 3.8) is 0 Å². The van der Waals surface area contributed by atoms with Crippen LogP contribution in [0.2, 0.25) is 0 Å². The molecule has 3 unspecified atom stereocenters. The van der Waals surface area contributed by atoms with Crippen LogP contribution in [0.3, 0.4) is 0 Å². The summed E-state index contributed by atoms with van der Waals surface area (Å²) in [5.74, 6) is 0. The molecule has 0 aromatic heterocycles. The molecule has 1 spiro atoms. The van der Waals surface area contributed by atoms with E-state index < -0.39 is 11.2 Å². The van der Waals surface area contributed by atoms with E-state index in [1.807, 2.05) is 30.3 Å². The van der Waals surface area contributed by atoms with Gasteiger partial charge in [-0.25, -0.2) is 0 Å². The molecule has 0 radical (unpaired) electrons. The molecule has 19 heavy (non-hydrogen) atoms. The van der Waals surface area contributed by atoms with Crippen molar-refractivity contribution in [2.24, 2.45) is 0 Å². The summed E-state index contributed by atoms with van der Waals surface area (Å²) in [6.07, 6.45) is 3.37. The van der Waals surface area contributed by atoms with Gasteiger partial charge in [-0.2, -0.15) is 0 Å². The molecule has 4 heteroatoms. The minimum Gasteiger partial charge on any atom is -0.386 e. The Morgan fingerprint density at radius 1 is 1.32 bits per heavy atom. The predicted molar refractivity (Wildman–Crippen MR) is 75.0 cm³/mol. The predicted octanol–water partition coefficient (Wildman–Crippen LogP) is 2.65. The van der Waals surface area contributed by atoms with E-state index in [4.69, 9.17) is 4.74 Å². The fourth-order valence-electron chi connectivity index (χ4n) is 3.42. The summed E-state index contributed by atoms with van der Waals surface area (Å²) < 4.78 is 5.91. The Morgan fingerprint density at radius 3 is 2.68 bits per heavy atom. The zero-order chi connectivity index (χ0) is 13.5. The van der Waals surface area contributed by atoms with E-state index in [0.717, 1.165) is 24.8 Å². The number of epoxide rings is 1. The van der Waals surface area contributed by atoms with Crippen LogP contribution >= 0.6 is 12.6 Å². The van der Waals surface area contributed by atoms with Crippen LogP contribution in [0, 0.1) is 0 Å². The molecule has 3 atom stereocenters. The summed E-state index contributed by atoms with van der Waals surface area (Å²) >= 11 is 3.83. The third kappa shape index (κ3) is 2.12. The molecule has 102 valence electrons. The highest BCUT2D eigenvalue weighted by Gasteiger charge is 2.69. The molecule has 3 rings (SSSR count). The molecular weight excluding hydrogens is 260 g/mol. The number of carbonyl (C=O) groups is 1. The number of hydrogen-bond donors (Lipinski definition) is 2. The average molecular weight is 278 g/mol. The highest BCUT2D eigenvalue weighted by molar-refractivity contribution is 7.96. The van der Waals surface area contributed by atoms with Crippen molar-refractivity contribution >= 4 is 17.7 Å². The molecule has 1 saturated heterocycles. The van der Waals surface area contributed by atoms with Gasteiger partial charge in [-0.1, -0.05) is 43.2 Å². The van der Waals surface area contributed by atoms with Crippen molar-refractivity contribution in [3.8, 4) is 0 Å². The van der Waals surface area contributed by atoms with Gasteiger partial charge in [0.05, 0.1) is 0 Å². The molecule has 3 nitrogen and oxygen atoms in total. The molecule has 1 aliphatic heterocycles. The fraction of sp³-hybridized carbons (Fsp3) is 0.533. The Balaban J connectivity index is 1.88. The number of ether oxygens (including phenoxy) is 1. The zero-order valence-electron chi connectivity index (χ0n) is 10.7. The molecule has 1 aromatic carbocycles. The first-order valence-electron chi connectivity index (χ1n) is 6.74. The lowest BCUT2D eigenvalue weighted by Gasteiger charge is -2.38. The maximum absolute atomic E-state index is 11.3. The number of rotatable bonds is 3. The topological polar surface area (TPSA) is 49.8 Å². The van der Waals surface area contributed by atoms with E-state index in [-0.39, 0.29) is 17.6 Å². The molecule has 2 fully saturated rings. The quantitative estimate of drug-likeness (QED) is 0.660. The molecule has 1 N–H and O–H groups in total. The Morgan fingerprint density at radius 2 is 2.00 bits per heavy atom. The van der Waals surface area contributed by atoms with Crippen molar-refractivity contribution in [1.29, 1.82) is 0 Å². The summed E-state index contributed by atoms with van der Waals surface area (Å²) in [6.45, 7) is 0. The molecule has 1 aromatic rings. The van der Waals surface area contributed by atoms with Crippen LogP contribution in [0.1, 0.15) is 43.8 Å². The molecule has 1 heterocycles. The largest absolute Gasteiger partial charge is 0.386 e. The fourth-order valence-corrected chi connectivity index (χ4v) is 3.68. The van der Waals surface area contributed by atoms with E-state index >= 15 is 0 Å². The van der Waals surface area contributed by atoms with Crippen LogP contribution in [0.25, 0.3) is 0 Å². The first kappa shape index (κ1) is 13.2. The first-order valence-corrected chi connectivity index (χ1v) is 7.19. The summed E-state index contributed by atoms with van der Waals surface area (Å²) in [7, 11) is 0. The van der Waals surface area contributed by atoms with Crippen LogP contribution in [-0.4, -0.2) is 21.4 Å². The molecule has 2 aliphatic rings. The Kier molecular flexibility index (Phi) is 3.20. The van der Waals surface area contributed by atoms with Crippen LogP contribution < -0.4 is 0 Å². The number of benzene rings is 1. The summed E-state index contributed by atoms with van der Waals surface area (Å²) in [5.41, 5.74) is -0.565. The summed E-state index contributed by atoms with van der Waals surface area (Å²) in [6, 6.07) is 9.92. The summed E-state index contributed by atoms with van der Waals surface area (Å²) in [5, 5.41) is 10.6. The maximum atomic E-state index is 11.3. The first-order chi connectivity index (χ1) is 9.07. The van der Waals surface area contributed by atoms with Crippen LogP contribution in [0.4, 0.5) is 0 Å². The van der Waals surface area contributed by atoms with Gasteiger partial charge in [-0.3, -0.25) is 4.79 Å². The van der Waals surface area contributed by atoms with E-state index in [1.165, 1.54) is 0 Å². The second-order valence-electron chi connectivity index (χ2n) is 5.61. The molecule has 0 amide bonds. The molecule has 0 bridgehead atoms. The van der Waals surface area contributed by atoms with Crippen molar-refractivity contribution < 1.29 is 14.6 Å². The Labute approximate surface area is 118 Å². The van der Waals surface area contributed by atoms with E-state index in [0.29, 0.717) is 6.42 Å². The van der Waals surface area contributed by atoms with Gasteiger partial charge in [0.15, 0.2) is 5.12 Å². The van der Waals surface area contributed by atoms with Crippen LogP contribution in [-0.2, 0) is 9.53 Å². The maximum Gasteiger partial charge on any atom is 0.188 e. The number of hydrogen-bond acceptors (Lipinski definition) is 3. The van der Waals surface area contributed by atoms with Gasteiger partial charge in [0.25, 0.3) is 0 Å². The smallest absolute Gasteiger partial charge is 0.188 e. The average Bonchev–Trinajstić information content (AvgIpc) is 3.10. The van der Waals surface area contributed by atoms with Gasteiger partial charge in [0, 0.05) is 6.42 Å². The monoisotopic (exact) mass is 278 g/mol. The van der Waals surface area contributed by atoms with Crippen molar-refractivity contribution in [1.82, 2.24) is 0 Å². The molecular formula is C15H18O3S. The van der Waals surface area contributed by atoms with Gasteiger partial charge in [-0.15, -0.1) is 12.6 Å².